The van der Waals surface area contributed by atoms with Gasteiger partial charge in [0.25, 0.3) is 0 Å². The van der Waals surface area contributed by atoms with E-state index in [-0.39, 0.29) is 22.5 Å². The molecule has 0 amide bonds. The topological polar surface area (TPSA) is 40.9 Å². The number of carbonyl (C=O) groups excluding carboxylic acids is 1. The normalized spacial score (nSPS) is 29.1. The zero-order valence-electron chi connectivity index (χ0n) is 8.25. The molecule has 0 spiro atoms. The maximum absolute atomic E-state index is 11.0. The van der Waals surface area contributed by atoms with Crippen LogP contribution in [0.2, 0.25) is 0 Å². The Morgan fingerprint density at radius 3 is 2.50 bits per heavy atom. The minimum absolute atomic E-state index is 0.0696. The predicted octanol–water partition coefficient (Wildman–Crippen LogP) is 2.66. The lowest BCUT2D eigenvalue weighted by atomic mass is 10.1. The van der Waals surface area contributed by atoms with Crippen molar-refractivity contribution >= 4 is 16.8 Å². The maximum atomic E-state index is 11.0. The van der Waals surface area contributed by atoms with E-state index in [1.807, 2.05) is 19.9 Å². The molecule has 1 saturated carbocycles. The predicted molar refractivity (Wildman–Crippen MR) is 55.5 cm³/mol. The van der Waals surface area contributed by atoms with E-state index in [2.05, 4.69) is 6.58 Å². The van der Waals surface area contributed by atoms with Crippen LogP contribution in [0.15, 0.2) is 24.3 Å². The Hall–Kier alpha value is -1.07. The van der Waals surface area contributed by atoms with E-state index >= 15 is 0 Å². The highest BCUT2D eigenvalue weighted by Gasteiger charge is 2.59. The van der Waals surface area contributed by atoms with Crippen LogP contribution in [-0.4, -0.2) is 5.24 Å². The Bertz CT molecular complexity index is 349. The summed E-state index contributed by atoms with van der Waals surface area (Å²) in [5.74, 6) is -0.0902. The lowest BCUT2D eigenvalue weighted by molar-refractivity contribution is -0.113. The number of hydrogen-bond donors (Lipinski definition) is 0. The summed E-state index contributed by atoms with van der Waals surface area (Å²) in [6, 6.07) is 2.01. The fourth-order valence-electron chi connectivity index (χ4n) is 1.77. The zero-order valence-corrected chi connectivity index (χ0v) is 9.01. The molecule has 74 valence electrons. The van der Waals surface area contributed by atoms with Crippen LogP contribution in [0, 0.1) is 28.6 Å². The average Bonchev–Trinajstić information content (AvgIpc) is 2.63. The van der Waals surface area contributed by atoms with Crippen molar-refractivity contribution in [1.82, 2.24) is 0 Å². The van der Waals surface area contributed by atoms with Gasteiger partial charge in [0, 0.05) is 11.5 Å². The van der Waals surface area contributed by atoms with Gasteiger partial charge in [-0.2, -0.15) is 5.26 Å². The second-order valence-corrected chi connectivity index (χ2v) is 4.44. The number of nitrogens with zero attached hydrogens (tertiary/aromatic N) is 1. The molecule has 3 heteroatoms. The summed E-state index contributed by atoms with van der Waals surface area (Å²) in [7, 11) is 0. The molecule has 0 radical (unpaired) electrons. The molecule has 1 rings (SSSR count). The number of hydrogen-bond acceptors (Lipinski definition) is 2. The van der Waals surface area contributed by atoms with Gasteiger partial charge in [0.15, 0.2) is 0 Å². The van der Waals surface area contributed by atoms with E-state index < -0.39 is 0 Å². The summed E-state index contributed by atoms with van der Waals surface area (Å²) in [6.45, 7) is 7.46. The second-order valence-electron chi connectivity index (χ2n) is 4.07. The number of rotatable bonds is 3. The van der Waals surface area contributed by atoms with Crippen LogP contribution < -0.4 is 0 Å². The molecule has 0 bridgehead atoms. The van der Waals surface area contributed by atoms with Gasteiger partial charge < -0.3 is 0 Å². The second kappa shape index (κ2) is 3.59. The van der Waals surface area contributed by atoms with Crippen molar-refractivity contribution in [2.45, 2.75) is 13.8 Å². The molecular weight excluding hydrogens is 198 g/mol. The smallest absolute Gasteiger partial charge is 0.225 e. The monoisotopic (exact) mass is 209 g/mol. The number of allylic oxidation sites excluding steroid dienone is 3. The standard InChI is InChI=1S/C11H12ClNO/c1-4-7(6-13)5-8-9(10(12)14)11(8,2)3/h4-5,8-9H,1H2,2-3H3/t8-,9+/m1/s1. The molecule has 0 aromatic carbocycles. The van der Waals surface area contributed by atoms with Gasteiger partial charge in [-0.3, -0.25) is 4.79 Å². The zero-order chi connectivity index (χ0) is 10.9. The number of nitriles is 1. The van der Waals surface area contributed by atoms with Crippen LogP contribution >= 0.6 is 11.6 Å². The molecular formula is C11H12ClNO. The van der Waals surface area contributed by atoms with Gasteiger partial charge in [-0.25, -0.2) is 0 Å². The highest BCUT2D eigenvalue weighted by atomic mass is 35.5. The first-order valence-electron chi connectivity index (χ1n) is 4.39. The maximum Gasteiger partial charge on any atom is 0.225 e. The largest absolute Gasteiger partial charge is 0.281 e. The van der Waals surface area contributed by atoms with Crippen molar-refractivity contribution in [3.63, 3.8) is 0 Å². The first kappa shape index (κ1) is 11.0. The average molecular weight is 210 g/mol. The Kier molecular flexibility index (Phi) is 2.82. The van der Waals surface area contributed by atoms with Crippen LogP contribution in [0.25, 0.3) is 0 Å². The molecule has 0 unspecified atom stereocenters. The van der Waals surface area contributed by atoms with Gasteiger partial charge in [0.1, 0.15) is 0 Å². The van der Waals surface area contributed by atoms with Crippen molar-refractivity contribution < 1.29 is 4.79 Å². The van der Waals surface area contributed by atoms with Crippen LogP contribution in [0.4, 0.5) is 0 Å². The SMILES string of the molecule is C=CC(C#N)=C[C@@H]1[C@@H](C(=O)Cl)C1(C)C. The Morgan fingerprint density at radius 2 is 2.21 bits per heavy atom. The minimum Gasteiger partial charge on any atom is -0.281 e. The van der Waals surface area contributed by atoms with Crippen molar-refractivity contribution in [3.8, 4) is 6.07 Å². The lowest BCUT2D eigenvalue weighted by Crippen LogP contribution is -1.96. The molecule has 0 N–H and O–H groups in total. The van der Waals surface area contributed by atoms with E-state index in [1.54, 1.807) is 6.08 Å². The fourth-order valence-corrected chi connectivity index (χ4v) is 2.18. The molecule has 1 fully saturated rings. The molecule has 1 aliphatic carbocycles. The van der Waals surface area contributed by atoms with Gasteiger partial charge >= 0.3 is 0 Å². The Morgan fingerprint density at radius 1 is 1.64 bits per heavy atom. The Labute approximate surface area is 88.9 Å². The highest BCUT2D eigenvalue weighted by molar-refractivity contribution is 6.64. The first-order valence-corrected chi connectivity index (χ1v) is 4.76. The third kappa shape index (κ3) is 1.73. The Balaban J connectivity index is 2.85. The number of carbonyl (C=O) groups is 1. The van der Waals surface area contributed by atoms with E-state index in [9.17, 15) is 4.79 Å². The summed E-state index contributed by atoms with van der Waals surface area (Å²) in [4.78, 5) is 11.0. The first-order chi connectivity index (χ1) is 6.45. The van der Waals surface area contributed by atoms with Gasteiger partial charge in [-0.1, -0.05) is 32.6 Å². The van der Waals surface area contributed by atoms with E-state index in [1.165, 1.54) is 6.08 Å². The third-order valence-corrected chi connectivity index (χ3v) is 3.10. The van der Waals surface area contributed by atoms with Crippen LogP contribution in [0.3, 0.4) is 0 Å². The van der Waals surface area contributed by atoms with Crippen molar-refractivity contribution in [3.05, 3.63) is 24.3 Å². The fraction of sp³-hybridized carbons (Fsp3) is 0.455. The molecule has 0 heterocycles. The van der Waals surface area contributed by atoms with Crippen LogP contribution in [-0.2, 0) is 4.79 Å². The van der Waals surface area contributed by atoms with Crippen molar-refractivity contribution in [1.29, 1.82) is 5.26 Å². The molecule has 1 aliphatic rings. The van der Waals surface area contributed by atoms with Gasteiger partial charge in [0.2, 0.25) is 5.24 Å². The molecule has 0 aromatic heterocycles. The van der Waals surface area contributed by atoms with Gasteiger partial charge in [0.05, 0.1) is 6.07 Å². The summed E-state index contributed by atoms with van der Waals surface area (Å²) in [6.07, 6.45) is 3.27. The van der Waals surface area contributed by atoms with E-state index in [0.29, 0.717) is 5.57 Å². The lowest BCUT2D eigenvalue weighted by Gasteiger charge is -1.96. The molecule has 0 aliphatic heterocycles. The van der Waals surface area contributed by atoms with E-state index in [4.69, 9.17) is 16.9 Å². The quantitative estimate of drug-likeness (QED) is 0.407. The van der Waals surface area contributed by atoms with Crippen LogP contribution in [0.5, 0.6) is 0 Å². The van der Waals surface area contributed by atoms with Crippen LogP contribution in [0.1, 0.15) is 13.8 Å². The minimum atomic E-state index is -0.322. The van der Waals surface area contributed by atoms with E-state index in [0.717, 1.165) is 0 Å². The van der Waals surface area contributed by atoms with Gasteiger partial charge in [-0.05, 0) is 22.9 Å². The molecule has 2 nitrogen and oxygen atoms in total. The summed E-state index contributed by atoms with van der Waals surface area (Å²) in [5, 5.41) is 8.37. The third-order valence-electron chi connectivity index (χ3n) is 2.86. The summed E-state index contributed by atoms with van der Waals surface area (Å²) in [5.41, 5.74) is 0.382. The number of halogens is 1. The molecule has 0 saturated heterocycles. The summed E-state index contributed by atoms with van der Waals surface area (Å²) < 4.78 is 0. The summed E-state index contributed by atoms with van der Waals surface area (Å²) >= 11 is 5.45. The molecule has 0 aromatic rings. The van der Waals surface area contributed by atoms with Crippen molar-refractivity contribution in [2.75, 3.05) is 0 Å². The molecule has 14 heavy (non-hydrogen) atoms. The molecule has 2 atom stereocenters. The van der Waals surface area contributed by atoms with Crippen molar-refractivity contribution in [2.24, 2.45) is 17.3 Å². The highest BCUT2D eigenvalue weighted by Crippen LogP contribution is 2.60. The van der Waals surface area contributed by atoms with Gasteiger partial charge in [-0.15, -0.1) is 0 Å².